The summed E-state index contributed by atoms with van der Waals surface area (Å²) in [5.74, 6) is 0. The molecule has 0 aliphatic rings. The van der Waals surface area contributed by atoms with Gasteiger partial charge in [0.2, 0.25) is 0 Å². The first kappa shape index (κ1) is 40.3. The van der Waals surface area contributed by atoms with Gasteiger partial charge in [0, 0.05) is 0 Å². The first-order chi connectivity index (χ1) is 13.7. The van der Waals surface area contributed by atoms with E-state index in [2.05, 4.69) is 55.4 Å². The molecular formula is C28H60Zr. The van der Waals surface area contributed by atoms with Crippen molar-refractivity contribution in [2.24, 2.45) is 0 Å². The van der Waals surface area contributed by atoms with Gasteiger partial charge in [0.1, 0.15) is 0 Å². The van der Waals surface area contributed by atoms with Gasteiger partial charge in [-0.25, -0.2) is 0 Å². The summed E-state index contributed by atoms with van der Waals surface area (Å²) < 4.78 is 0. The first-order valence-corrected chi connectivity index (χ1v) is 12.8. The minimum absolute atomic E-state index is 0. The fourth-order valence-corrected chi connectivity index (χ4v) is 2.41. The smallest absolute Gasteiger partial charge is 0.343 e. The fraction of sp³-hybridized carbons (Fsp3) is 0.857. The van der Waals surface area contributed by atoms with E-state index in [1.165, 1.54) is 103 Å². The molecule has 176 valence electrons. The van der Waals surface area contributed by atoms with Gasteiger partial charge >= 0.3 is 26.2 Å². The summed E-state index contributed by atoms with van der Waals surface area (Å²) in [5.41, 5.74) is 0. The van der Waals surface area contributed by atoms with E-state index < -0.39 is 0 Å². The van der Waals surface area contributed by atoms with Crippen LogP contribution in [0.5, 0.6) is 0 Å². The molecule has 0 N–H and O–H groups in total. The quantitative estimate of drug-likeness (QED) is 0.150. The zero-order chi connectivity index (χ0) is 22.1. The summed E-state index contributed by atoms with van der Waals surface area (Å²) in [6.07, 6.45) is 26.1. The van der Waals surface area contributed by atoms with Crippen molar-refractivity contribution in [3.8, 4) is 0 Å². The number of hydrogen-bond donors (Lipinski definition) is 0. The van der Waals surface area contributed by atoms with Gasteiger partial charge in [-0.2, -0.15) is 25.7 Å². The van der Waals surface area contributed by atoms with Crippen molar-refractivity contribution in [3.05, 3.63) is 27.7 Å². The maximum Gasteiger partial charge on any atom is 4.00 e. The maximum atomic E-state index is 3.76. The van der Waals surface area contributed by atoms with E-state index >= 15 is 0 Å². The predicted octanol–water partition coefficient (Wildman–Crippen LogP) is 11.2. The summed E-state index contributed by atoms with van der Waals surface area (Å²) >= 11 is 0. The second-order valence-electron chi connectivity index (χ2n) is 7.66. The molecule has 0 radical (unpaired) electrons. The summed E-state index contributed by atoms with van der Waals surface area (Å²) in [5, 5.41) is 0. The minimum atomic E-state index is 0. The van der Waals surface area contributed by atoms with Crippen LogP contribution in [0.15, 0.2) is 0 Å². The molecule has 0 aromatic rings. The molecule has 0 heterocycles. The van der Waals surface area contributed by atoms with E-state index in [0.717, 1.165) is 25.7 Å². The minimum Gasteiger partial charge on any atom is -0.343 e. The van der Waals surface area contributed by atoms with Crippen LogP contribution in [0.25, 0.3) is 0 Å². The van der Waals surface area contributed by atoms with Gasteiger partial charge in [0.25, 0.3) is 0 Å². The number of unbranched alkanes of at least 4 members (excludes halogenated alkanes) is 16. The summed E-state index contributed by atoms with van der Waals surface area (Å²) in [7, 11) is 0. The molecule has 0 amide bonds. The van der Waals surface area contributed by atoms with Crippen molar-refractivity contribution in [2.45, 2.75) is 156 Å². The zero-order valence-corrected chi connectivity index (χ0v) is 23.9. The van der Waals surface area contributed by atoms with Crippen molar-refractivity contribution >= 4 is 0 Å². The molecule has 0 atom stereocenters. The standard InChI is InChI=1S/4C7H15.Zr/c4*1-3-5-7-6-4-2;/h4*1,3-7H2,2H3;/q4*-1;+4. The molecule has 0 nitrogen and oxygen atoms in total. The molecule has 0 aromatic carbocycles. The monoisotopic (exact) mass is 486 g/mol. The average Bonchev–Trinajstić information content (AvgIpc) is 2.71. The normalized spacial score (nSPS) is 9.10. The summed E-state index contributed by atoms with van der Waals surface area (Å²) in [4.78, 5) is 0. The Morgan fingerprint density at radius 1 is 0.310 bits per heavy atom. The van der Waals surface area contributed by atoms with Crippen LogP contribution in [0.1, 0.15) is 156 Å². The SMILES string of the molecule is [CH2-]CCCCCC.[CH2-]CCCCCC.[CH2-]CCCCCC.[CH2-]CCCCCC.[Zr+4]. The van der Waals surface area contributed by atoms with Crippen LogP contribution in [-0.4, -0.2) is 0 Å². The molecule has 0 unspecified atom stereocenters. The molecular weight excluding hydrogens is 428 g/mol. The van der Waals surface area contributed by atoms with Crippen LogP contribution in [0, 0.1) is 27.7 Å². The van der Waals surface area contributed by atoms with E-state index in [4.69, 9.17) is 0 Å². The third-order valence-corrected chi connectivity index (χ3v) is 4.41. The van der Waals surface area contributed by atoms with Gasteiger partial charge in [-0.3, -0.25) is 0 Å². The van der Waals surface area contributed by atoms with Gasteiger partial charge in [0.15, 0.2) is 0 Å². The van der Waals surface area contributed by atoms with Gasteiger partial charge < -0.3 is 27.7 Å². The molecule has 0 fully saturated rings. The fourth-order valence-electron chi connectivity index (χ4n) is 2.41. The van der Waals surface area contributed by atoms with E-state index in [1.54, 1.807) is 0 Å². The molecule has 0 saturated heterocycles. The molecule has 0 bridgehead atoms. The van der Waals surface area contributed by atoms with Crippen molar-refractivity contribution < 1.29 is 26.2 Å². The van der Waals surface area contributed by atoms with E-state index in [9.17, 15) is 0 Å². The molecule has 29 heavy (non-hydrogen) atoms. The first-order valence-electron chi connectivity index (χ1n) is 12.8. The number of hydrogen-bond acceptors (Lipinski definition) is 0. The summed E-state index contributed by atoms with van der Waals surface area (Å²) in [6, 6.07) is 0. The van der Waals surface area contributed by atoms with Crippen molar-refractivity contribution in [1.29, 1.82) is 0 Å². The van der Waals surface area contributed by atoms with Crippen LogP contribution < -0.4 is 0 Å². The van der Waals surface area contributed by atoms with Crippen molar-refractivity contribution in [3.63, 3.8) is 0 Å². The largest absolute Gasteiger partial charge is 4.00 e. The van der Waals surface area contributed by atoms with Gasteiger partial charge in [-0.15, -0.1) is 0 Å². The van der Waals surface area contributed by atoms with Crippen LogP contribution >= 0.6 is 0 Å². The molecule has 0 aliphatic carbocycles. The molecule has 1 heteroatoms. The topological polar surface area (TPSA) is 0 Å². The van der Waals surface area contributed by atoms with Crippen LogP contribution in [0.2, 0.25) is 0 Å². The Balaban J connectivity index is -0.0000000873. The molecule has 0 saturated carbocycles. The zero-order valence-electron chi connectivity index (χ0n) is 21.5. The van der Waals surface area contributed by atoms with Gasteiger partial charge in [-0.05, 0) is 0 Å². The second-order valence-corrected chi connectivity index (χ2v) is 7.66. The van der Waals surface area contributed by atoms with Crippen molar-refractivity contribution in [2.75, 3.05) is 0 Å². The molecule has 0 aromatic heterocycles. The third kappa shape index (κ3) is 73.2. The van der Waals surface area contributed by atoms with E-state index in [-0.39, 0.29) is 26.2 Å². The summed E-state index contributed by atoms with van der Waals surface area (Å²) in [6.45, 7) is 23.9. The van der Waals surface area contributed by atoms with Crippen LogP contribution in [-0.2, 0) is 26.2 Å². The molecule has 0 aliphatic heterocycles. The average molecular weight is 488 g/mol. The van der Waals surface area contributed by atoms with Crippen LogP contribution in [0.3, 0.4) is 0 Å². The molecule has 0 spiro atoms. The Kier molecular flexibility index (Phi) is 71.5. The second kappa shape index (κ2) is 51.5. The van der Waals surface area contributed by atoms with E-state index in [1.807, 2.05) is 0 Å². The Labute approximate surface area is 209 Å². The Morgan fingerprint density at radius 3 is 0.586 bits per heavy atom. The Hall–Kier alpha value is 0.883. The Morgan fingerprint density at radius 2 is 0.483 bits per heavy atom. The number of rotatable bonds is 16. The maximum absolute atomic E-state index is 3.76. The molecule has 0 rings (SSSR count). The van der Waals surface area contributed by atoms with E-state index in [0.29, 0.717) is 0 Å². The van der Waals surface area contributed by atoms with Gasteiger partial charge in [0.05, 0.1) is 0 Å². The van der Waals surface area contributed by atoms with Gasteiger partial charge in [-0.1, -0.05) is 130 Å². The Bertz CT molecular complexity index is 123. The third-order valence-electron chi connectivity index (χ3n) is 4.41. The van der Waals surface area contributed by atoms with Crippen molar-refractivity contribution in [1.82, 2.24) is 0 Å². The predicted molar refractivity (Wildman–Crippen MR) is 136 cm³/mol. The van der Waals surface area contributed by atoms with Crippen LogP contribution in [0.4, 0.5) is 0 Å².